The molecule has 0 bridgehead atoms. The van der Waals surface area contributed by atoms with Crippen molar-refractivity contribution >= 4 is 11.6 Å². The van der Waals surface area contributed by atoms with Gasteiger partial charge in [0.15, 0.2) is 6.10 Å². The molecule has 0 fully saturated rings. The summed E-state index contributed by atoms with van der Waals surface area (Å²) < 4.78 is 5.89. The molecule has 2 aromatic carbocycles. The van der Waals surface area contributed by atoms with Crippen LogP contribution in [0.25, 0.3) is 0 Å². The van der Waals surface area contributed by atoms with E-state index in [1.165, 1.54) is 16.7 Å². The van der Waals surface area contributed by atoms with E-state index in [-0.39, 0.29) is 5.91 Å². The van der Waals surface area contributed by atoms with Gasteiger partial charge in [0.2, 0.25) is 0 Å². The zero-order chi connectivity index (χ0) is 16.4. The number of aryl methyl sites for hydroxylation is 3. The summed E-state index contributed by atoms with van der Waals surface area (Å²) in [6, 6.07) is 14.1. The summed E-state index contributed by atoms with van der Waals surface area (Å²) in [7, 11) is 0. The second-order valence-corrected chi connectivity index (χ2v) is 6.23. The van der Waals surface area contributed by atoms with Crippen LogP contribution in [-0.4, -0.2) is 18.6 Å². The largest absolute Gasteiger partial charge is 0.481 e. The highest BCUT2D eigenvalue weighted by Gasteiger charge is 2.27. The molecule has 0 radical (unpaired) electrons. The first-order valence-electron chi connectivity index (χ1n) is 8.19. The summed E-state index contributed by atoms with van der Waals surface area (Å²) in [4.78, 5) is 14.7. The summed E-state index contributed by atoms with van der Waals surface area (Å²) in [5, 5.41) is 0. The first-order valence-corrected chi connectivity index (χ1v) is 8.19. The Bertz CT molecular complexity index is 723. The molecule has 0 aliphatic carbocycles. The highest BCUT2D eigenvalue weighted by molar-refractivity contribution is 5.97. The molecule has 0 aromatic heterocycles. The normalized spacial score (nSPS) is 15.0. The Morgan fingerprint density at radius 1 is 1.13 bits per heavy atom. The number of amides is 1. The molecule has 3 heteroatoms. The Hall–Kier alpha value is -2.29. The summed E-state index contributed by atoms with van der Waals surface area (Å²) in [5.74, 6) is 0.773. The second kappa shape index (κ2) is 6.45. The maximum absolute atomic E-state index is 12.8. The number of carbonyl (C=O) groups is 1. The lowest BCUT2D eigenvalue weighted by Gasteiger charge is -2.31. The van der Waals surface area contributed by atoms with Gasteiger partial charge in [0.05, 0.1) is 0 Å². The van der Waals surface area contributed by atoms with Crippen molar-refractivity contribution in [3.63, 3.8) is 0 Å². The maximum atomic E-state index is 12.8. The minimum Gasteiger partial charge on any atom is -0.481 e. The topological polar surface area (TPSA) is 29.5 Å². The lowest BCUT2D eigenvalue weighted by Crippen LogP contribution is -2.43. The molecule has 3 rings (SSSR count). The Morgan fingerprint density at radius 2 is 1.91 bits per heavy atom. The number of nitrogens with zero attached hydrogens (tertiary/aromatic N) is 1. The van der Waals surface area contributed by atoms with Gasteiger partial charge in [-0.05, 0) is 68.5 Å². The fourth-order valence-corrected chi connectivity index (χ4v) is 3.02. The SMILES string of the molecule is Cc1ccc(OC(C)C(=O)N2CCCc3ccccc32)cc1C. The molecule has 1 aliphatic rings. The van der Waals surface area contributed by atoms with Crippen molar-refractivity contribution < 1.29 is 9.53 Å². The number of para-hydroxylation sites is 1. The minimum absolute atomic E-state index is 0.0235. The van der Waals surface area contributed by atoms with Crippen molar-refractivity contribution in [1.82, 2.24) is 0 Å². The Balaban J connectivity index is 1.76. The molecule has 1 aliphatic heterocycles. The van der Waals surface area contributed by atoms with E-state index in [0.29, 0.717) is 0 Å². The standard InChI is InChI=1S/C20H23NO2/c1-14-10-11-18(13-15(14)2)23-16(3)20(22)21-12-6-8-17-7-4-5-9-19(17)21/h4-5,7,9-11,13,16H,6,8,12H2,1-3H3. The predicted molar refractivity (Wildman–Crippen MR) is 93.1 cm³/mol. The van der Waals surface area contributed by atoms with Gasteiger partial charge in [-0.25, -0.2) is 0 Å². The Morgan fingerprint density at radius 3 is 2.70 bits per heavy atom. The third-order valence-corrected chi connectivity index (χ3v) is 4.52. The van der Waals surface area contributed by atoms with E-state index in [4.69, 9.17) is 4.74 Å². The van der Waals surface area contributed by atoms with Gasteiger partial charge in [-0.1, -0.05) is 24.3 Å². The van der Waals surface area contributed by atoms with E-state index in [1.807, 2.05) is 48.2 Å². The van der Waals surface area contributed by atoms with E-state index in [1.54, 1.807) is 0 Å². The van der Waals surface area contributed by atoms with Crippen LogP contribution >= 0.6 is 0 Å². The average Bonchev–Trinajstić information content (AvgIpc) is 2.57. The molecule has 23 heavy (non-hydrogen) atoms. The summed E-state index contributed by atoms with van der Waals surface area (Å²) in [5.41, 5.74) is 4.66. The van der Waals surface area contributed by atoms with Gasteiger partial charge >= 0.3 is 0 Å². The summed E-state index contributed by atoms with van der Waals surface area (Å²) in [6.45, 7) is 6.71. The van der Waals surface area contributed by atoms with Crippen LogP contribution in [0.1, 0.15) is 30.0 Å². The van der Waals surface area contributed by atoms with Crippen molar-refractivity contribution in [2.45, 2.75) is 39.7 Å². The van der Waals surface area contributed by atoms with Gasteiger partial charge < -0.3 is 9.64 Å². The van der Waals surface area contributed by atoms with Crippen LogP contribution in [0.3, 0.4) is 0 Å². The Labute approximate surface area is 137 Å². The van der Waals surface area contributed by atoms with E-state index < -0.39 is 6.10 Å². The number of benzene rings is 2. The quantitative estimate of drug-likeness (QED) is 0.856. The van der Waals surface area contributed by atoms with Crippen LogP contribution < -0.4 is 9.64 Å². The van der Waals surface area contributed by atoms with E-state index in [2.05, 4.69) is 19.9 Å². The average molecular weight is 309 g/mol. The third kappa shape index (κ3) is 3.24. The highest BCUT2D eigenvalue weighted by Crippen LogP contribution is 2.28. The van der Waals surface area contributed by atoms with Crippen LogP contribution in [0, 0.1) is 13.8 Å². The molecule has 1 atom stereocenters. The van der Waals surface area contributed by atoms with Gasteiger partial charge in [0.1, 0.15) is 5.75 Å². The van der Waals surface area contributed by atoms with E-state index >= 15 is 0 Å². The monoisotopic (exact) mass is 309 g/mol. The molecule has 1 amide bonds. The maximum Gasteiger partial charge on any atom is 0.267 e. The van der Waals surface area contributed by atoms with Crippen LogP contribution in [0.15, 0.2) is 42.5 Å². The van der Waals surface area contributed by atoms with Gasteiger partial charge in [-0.15, -0.1) is 0 Å². The van der Waals surface area contributed by atoms with E-state index in [0.717, 1.165) is 30.8 Å². The first-order chi connectivity index (χ1) is 11.1. The molecule has 0 spiro atoms. The van der Waals surface area contributed by atoms with Crippen molar-refractivity contribution in [3.05, 3.63) is 59.2 Å². The number of carbonyl (C=O) groups excluding carboxylic acids is 1. The number of ether oxygens (including phenoxy) is 1. The molecule has 0 N–H and O–H groups in total. The zero-order valence-electron chi connectivity index (χ0n) is 14.0. The Kier molecular flexibility index (Phi) is 4.37. The van der Waals surface area contributed by atoms with Crippen molar-refractivity contribution in [1.29, 1.82) is 0 Å². The first kappa shape index (κ1) is 15.6. The van der Waals surface area contributed by atoms with Gasteiger partial charge in [-0.2, -0.15) is 0 Å². The second-order valence-electron chi connectivity index (χ2n) is 6.23. The van der Waals surface area contributed by atoms with Crippen molar-refractivity contribution in [3.8, 4) is 5.75 Å². The number of anilines is 1. The molecule has 0 saturated carbocycles. The predicted octanol–water partition coefficient (Wildman–Crippen LogP) is 4.05. The smallest absolute Gasteiger partial charge is 0.267 e. The lowest BCUT2D eigenvalue weighted by atomic mass is 10.0. The van der Waals surface area contributed by atoms with Gasteiger partial charge in [0, 0.05) is 12.2 Å². The molecule has 0 saturated heterocycles. The lowest BCUT2D eigenvalue weighted by molar-refractivity contribution is -0.124. The van der Waals surface area contributed by atoms with Gasteiger partial charge in [0.25, 0.3) is 5.91 Å². The fourth-order valence-electron chi connectivity index (χ4n) is 3.02. The fraction of sp³-hybridized carbons (Fsp3) is 0.350. The number of hydrogen-bond donors (Lipinski definition) is 0. The molecule has 1 unspecified atom stereocenters. The van der Waals surface area contributed by atoms with Crippen molar-refractivity contribution in [2.24, 2.45) is 0 Å². The van der Waals surface area contributed by atoms with E-state index in [9.17, 15) is 4.79 Å². The number of rotatable bonds is 3. The molecular formula is C20H23NO2. The van der Waals surface area contributed by atoms with Crippen LogP contribution in [0.2, 0.25) is 0 Å². The molecule has 1 heterocycles. The van der Waals surface area contributed by atoms with Crippen molar-refractivity contribution in [2.75, 3.05) is 11.4 Å². The van der Waals surface area contributed by atoms with Gasteiger partial charge in [-0.3, -0.25) is 4.79 Å². The van der Waals surface area contributed by atoms with Crippen LogP contribution in [-0.2, 0) is 11.2 Å². The van der Waals surface area contributed by atoms with Crippen LogP contribution in [0.4, 0.5) is 5.69 Å². The zero-order valence-corrected chi connectivity index (χ0v) is 14.0. The number of fused-ring (bicyclic) bond motifs is 1. The highest BCUT2D eigenvalue weighted by atomic mass is 16.5. The molecule has 2 aromatic rings. The molecular weight excluding hydrogens is 286 g/mol. The molecule has 120 valence electrons. The summed E-state index contributed by atoms with van der Waals surface area (Å²) in [6.07, 6.45) is 1.54. The minimum atomic E-state index is -0.497. The third-order valence-electron chi connectivity index (χ3n) is 4.52. The number of hydrogen-bond acceptors (Lipinski definition) is 2. The summed E-state index contributed by atoms with van der Waals surface area (Å²) >= 11 is 0. The molecule has 3 nitrogen and oxygen atoms in total. The van der Waals surface area contributed by atoms with Crippen LogP contribution in [0.5, 0.6) is 5.75 Å².